The van der Waals surface area contributed by atoms with Crippen LogP contribution < -0.4 is 9.47 Å². The van der Waals surface area contributed by atoms with E-state index in [9.17, 15) is 51.1 Å². The Kier molecular flexibility index (Phi) is 8.68. The smallest absolute Gasteiger partial charge is 0.402 e. The number of fused-ring (bicyclic) bond motifs is 1. The molecule has 5 unspecified atom stereocenters. The molecule has 3 aromatic rings. The Labute approximate surface area is 237 Å². The zero-order valence-corrected chi connectivity index (χ0v) is 21.7. The summed E-state index contributed by atoms with van der Waals surface area (Å²) in [6.45, 7) is -1.40. The number of benzene rings is 2. The van der Waals surface area contributed by atoms with E-state index < -0.39 is 74.6 Å². The fourth-order valence-corrected chi connectivity index (χ4v) is 4.75. The summed E-state index contributed by atoms with van der Waals surface area (Å²) in [6.07, 6.45) is -16.0. The second-order valence-corrected chi connectivity index (χ2v) is 9.97. The molecule has 228 valence electrons. The van der Waals surface area contributed by atoms with Gasteiger partial charge in [0.15, 0.2) is 0 Å². The van der Waals surface area contributed by atoms with Crippen LogP contribution in [0.2, 0.25) is 0 Å². The minimum atomic E-state index is -1.77. The molecule has 2 aromatic carbocycles. The highest BCUT2D eigenvalue weighted by atomic mass is 16.7. The molecule has 0 saturated carbocycles. The molecular formula is C27H31O15+. The van der Waals surface area contributed by atoms with E-state index in [1.807, 2.05) is 0 Å². The van der Waals surface area contributed by atoms with Gasteiger partial charge in [0, 0.05) is 12.1 Å². The van der Waals surface area contributed by atoms with E-state index >= 15 is 0 Å². The first kappa shape index (κ1) is 30.1. The fourth-order valence-electron chi connectivity index (χ4n) is 4.75. The average Bonchev–Trinajstić information content (AvgIpc) is 2.98. The van der Waals surface area contributed by atoms with Gasteiger partial charge in [-0.3, -0.25) is 0 Å². The predicted octanol–water partition coefficient (Wildman–Crippen LogP) is -1.85. The number of ether oxygens (including phenoxy) is 4. The second kappa shape index (κ2) is 12.1. The molecule has 0 aliphatic carbocycles. The molecule has 0 amide bonds. The molecule has 2 saturated heterocycles. The van der Waals surface area contributed by atoms with E-state index in [-0.39, 0.29) is 39.7 Å². The largest absolute Gasteiger partial charge is 0.508 e. The number of hydrogen-bond acceptors (Lipinski definition) is 14. The van der Waals surface area contributed by atoms with Crippen molar-refractivity contribution in [1.29, 1.82) is 0 Å². The maximum absolute atomic E-state index is 10.6. The van der Waals surface area contributed by atoms with Gasteiger partial charge >= 0.3 is 11.3 Å². The van der Waals surface area contributed by atoms with Gasteiger partial charge in [0.2, 0.25) is 18.3 Å². The van der Waals surface area contributed by atoms with E-state index in [4.69, 9.17) is 23.4 Å². The Balaban J connectivity index is 1.59. The quantitative estimate of drug-likeness (QED) is 0.135. The lowest BCUT2D eigenvalue weighted by molar-refractivity contribution is -0.277. The maximum atomic E-state index is 10.6. The molecule has 3 heterocycles. The van der Waals surface area contributed by atoms with Crippen molar-refractivity contribution >= 4 is 11.0 Å². The molecule has 15 heteroatoms. The lowest BCUT2D eigenvalue weighted by atomic mass is 9.99. The van der Waals surface area contributed by atoms with Crippen LogP contribution in [0.5, 0.6) is 23.0 Å². The van der Waals surface area contributed by atoms with Gasteiger partial charge in [0.1, 0.15) is 71.5 Å². The van der Waals surface area contributed by atoms with Crippen LogP contribution >= 0.6 is 0 Å². The summed E-state index contributed by atoms with van der Waals surface area (Å²) in [5.74, 6) is -0.673. The summed E-state index contributed by atoms with van der Waals surface area (Å²) in [4.78, 5) is 0. The fraction of sp³-hybridized carbons (Fsp3) is 0.444. The highest BCUT2D eigenvalue weighted by Gasteiger charge is 2.47. The van der Waals surface area contributed by atoms with Crippen LogP contribution in [-0.4, -0.2) is 126 Å². The molecule has 10 atom stereocenters. The van der Waals surface area contributed by atoms with Gasteiger partial charge in [-0.15, -0.1) is 0 Å². The number of hydrogen-bond donors (Lipinski definition) is 10. The SMILES string of the molecule is OCC1O[C@@H](Oc2cc3c(O[C@@H]4OC(CO)[C@@H](O)[C@H](O)C4O)cc(O)cc3[o+]c2-c2ccc(O)cc2)C(O)C(O)[C@@H]1O. The monoisotopic (exact) mass is 595 g/mol. The number of aromatic hydroxyl groups is 2. The molecule has 2 aliphatic rings. The molecule has 0 spiro atoms. The third-order valence-corrected chi connectivity index (χ3v) is 7.11. The Morgan fingerprint density at radius 3 is 1.67 bits per heavy atom. The molecule has 10 N–H and O–H groups in total. The molecule has 42 heavy (non-hydrogen) atoms. The van der Waals surface area contributed by atoms with Gasteiger partial charge in [0.25, 0.3) is 0 Å². The van der Waals surface area contributed by atoms with Gasteiger partial charge in [-0.1, -0.05) is 0 Å². The van der Waals surface area contributed by atoms with Gasteiger partial charge in [-0.25, -0.2) is 4.42 Å². The number of aliphatic hydroxyl groups is 8. The number of phenols is 2. The first-order valence-corrected chi connectivity index (χ1v) is 12.9. The second-order valence-electron chi connectivity index (χ2n) is 9.97. The Bertz CT molecular complexity index is 1380. The van der Waals surface area contributed by atoms with E-state index in [2.05, 4.69) is 0 Å². The average molecular weight is 596 g/mol. The molecule has 5 rings (SSSR count). The summed E-state index contributed by atoms with van der Waals surface area (Å²) in [6, 6.07) is 9.41. The maximum Gasteiger partial charge on any atom is 0.402 e. The van der Waals surface area contributed by atoms with E-state index in [0.717, 1.165) is 6.07 Å². The van der Waals surface area contributed by atoms with Gasteiger partial charge in [-0.05, 0) is 24.3 Å². The van der Waals surface area contributed by atoms with Crippen molar-refractivity contribution in [1.82, 2.24) is 0 Å². The molecule has 0 radical (unpaired) electrons. The molecule has 15 nitrogen and oxygen atoms in total. The highest BCUT2D eigenvalue weighted by molar-refractivity contribution is 5.88. The minimum Gasteiger partial charge on any atom is -0.508 e. The molecule has 2 fully saturated rings. The standard InChI is InChI=1S/C27H30O15/c28-8-17-19(32)21(34)23(36)26(41-17)39-15-6-12(31)5-14-13(15)7-16(25(38-14)10-1-3-11(30)4-2-10)40-27-24(37)22(35)20(33)18(9-29)42-27/h1-7,17-24,26-29,32-37H,8-9H2,(H-,30,31)/p+1/t17?,18?,19-,20-,21+,22?,23?,24?,26-,27-/m1/s1. The minimum absolute atomic E-state index is 0.00357. The molecule has 0 bridgehead atoms. The summed E-state index contributed by atoms with van der Waals surface area (Å²) in [7, 11) is 0. The van der Waals surface area contributed by atoms with Crippen molar-refractivity contribution < 1.29 is 74.4 Å². The summed E-state index contributed by atoms with van der Waals surface area (Å²) < 4.78 is 28.6. The van der Waals surface area contributed by atoms with Crippen molar-refractivity contribution in [2.75, 3.05) is 13.2 Å². The van der Waals surface area contributed by atoms with Crippen LogP contribution in [0, 0.1) is 0 Å². The summed E-state index contributed by atoms with van der Waals surface area (Å²) in [5.41, 5.74) is 0.368. The zero-order chi connectivity index (χ0) is 30.3. The highest BCUT2D eigenvalue weighted by Crippen LogP contribution is 2.42. The number of phenolic OH excluding ortho intramolecular Hbond substituents is 2. The van der Waals surface area contributed by atoms with Gasteiger partial charge < -0.3 is 70.0 Å². The topological polar surface area (TPSA) is 251 Å². The first-order valence-electron chi connectivity index (χ1n) is 12.9. The van der Waals surface area contributed by atoms with Crippen molar-refractivity contribution in [3.63, 3.8) is 0 Å². The number of aliphatic hydroxyl groups excluding tert-OH is 8. The number of rotatable bonds is 7. The van der Waals surface area contributed by atoms with E-state index in [1.165, 1.54) is 36.4 Å². The van der Waals surface area contributed by atoms with Gasteiger partial charge in [0.05, 0.1) is 24.8 Å². The zero-order valence-electron chi connectivity index (χ0n) is 21.7. The Hall–Kier alpha value is -3.35. The van der Waals surface area contributed by atoms with Crippen LogP contribution in [0.25, 0.3) is 22.3 Å². The molecule has 2 aliphatic heterocycles. The first-order chi connectivity index (χ1) is 20.0. The van der Waals surface area contributed by atoms with Crippen molar-refractivity contribution in [3.8, 4) is 34.3 Å². The van der Waals surface area contributed by atoms with Crippen LogP contribution in [0.15, 0.2) is 46.9 Å². The predicted molar refractivity (Wildman–Crippen MR) is 138 cm³/mol. The van der Waals surface area contributed by atoms with Crippen LogP contribution in [-0.2, 0) is 9.47 Å². The third-order valence-electron chi connectivity index (χ3n) is 7.11. The lowest BCUT2D eigenvalue weighted by Gasteiger charge is -2.39. The van der Waals surface area contributed by atoms with Gasteiger partial charge in [-0.2, -0.15) is 0 Å². The molecule has 1 aromatic heterocycles. The molecular weight excluding hydrogens is 564 g/mol. The normalized spacial score (nSPS) is 33.4. The van der Waals surface area contributed by atoms with Crippen molar-refractivity contribution in [3.05, 3.63) is 42.5 Å². The van der Waals surface area contributed by atoms with E-state index in [0.29, 0.717) is 5.56 Å². The Morgan fingerprint density at radius 2 is 1.14 bits per heavy atom. The van der Waals surface area contributed by atoms with Crippen molar-refractivity contribution in [2.24, 2.45) is 0 Å². The van der Waals surface area contributed by atoms with Crippen LogP contribution in [0.3, 0.4) is 0 Å². The van der Waals surface area contributed by atoms with Crippen molar-refractivity contribution in [2.45, 2.75) is 61.4 Å². The van der Waals surface area contributed by atoms with Crippen LogP contribution in [0.1, 0.15) is 0 Å². The lowest BCUT2D eigenvalue weighted by Crippen LogP contribution is -2.60. The van der Waals surface area contributed by atoms with E-state index in [1.54, 1.807) is 0 Å². The third kappa shape index (κ3) is 5.67. The van der Waals surface area contributed by atoms with Crippen LogP contribution in [0.4, 0.5) is 0 Å². The Morgan fingerprint density at radius 1 is 0.619 bits per heavy atom. The summed E-state index contributed by atoms with van der Waals surface area (Å²) in [5, 5.41) is 101. The summed E-state index contributed by atoms with van der Waals surface area (Å²) >= 11 is 0.